The number of esters is 1. The Kier molecular flexibility index (Phi) is 19.8. The summed E-state index contributed by atoms with van der Waals surface area (Å²) in [5.41, 5.74) is -3.87. The number of amides is 1. The minimum Gasteiger partial charge on any atom is -0.459 e. The lowest BCUT2D eigenvalue weighted by Gasteiger charge is -2.51. The standard InChI is InChI=1S/C52H88FN3O14S/c1-15-41-52(10,63)44(58)32(6)55(11)26-28(2)23-50(8,62)46(30(4)42(31(5)48(61)69-41)40-24-51(9,66-13)45(59)33(7)68-40)70-49-43(57)39(20-29(3)67-49)56(12)27-35-22-38(35)47(60)54-36(25-53)21-34-16-18-37(19-17-34)71(14,64)65/h16-19,28-33,35-36,38-46,49,57-59,62-63H,15,20-27H2,1-14H3,(H,54,60)/t28-,29-,30+,31-,32-,33+,35+,36+,38-,39+,40?,41-,42+,43-,44-,45+,46-,49+,50-,51-,52-/m1/s1. The number of rotatable bonds is 14. The van der Waals surface area contributed by atoms with E-state index in [9.17, 15) is 47.9 Å². The molecule has 17 nitrogen and oxygen atoms in total. The van der Waals surface area contributed by atoms with E-state index in [4.69, 9.17) is 23.7 Å². The van der Waals surface area contributed by atoms with Crippen molar-refractivity contribution in [2.24, 2.45) is 35.5 Å². The Morgan fingerprint density at radius 1 is 1.00 bits per heavy atom. The second-order valence-corrected chi connectivity index (χ2v) is 24.8. The first-order valence-electron chi connectivity index (χ1n) is 25.7. The van der Waals surface area contributed by atoms with Crippen LogP contribution in [0.1, 0.15) is 107 Å². The number of nitrogens with one attached hydrogen (secondary N) is 1. The van der Waals surface area contributed by atoms with Crippen LogP contribution < -0.4 is 5.32 Å². The zero-order valence-corrected chi connectivity index (χ0v) is 45.5. The van der Waals surface area contributed by atoms with Gasteiger partial charge in [0.2, 0.25) is 5.91 Å². The van der Waals surface area contributed by atoms with Crippen molar-refractivity contribution in [3.63, 3.8) is 0 Å². The maximum absolute atomic E-state index is 14.6. The number of likely N-dealkylation sites (N-methyl/N-ethyl adjacent to an activating group) is 2. The van der Waals surface area contributed by atoms with Gasteiger partial charge in [-0.15, -0.1) is 0 Å². The Morgan fingerprint density at radius 3 is 2.21 bits per heavy atom. The summed E-state index contributed by atoms with van der Waals surface area (Å²) in [6.07, 6.45) is -6.07. The van der Waals surface area contributed by atoms with Crippen LogP contribution in [0.5, 0.6) is 0 Å². The van der Waals surface area contributed by atoms with Gasteiger partial charge in [0.15, 0.2) is 16.1 Å². The number of cyclic esters (lactones) is 1. The van der Waals surface area contributed by atoms with Gasteiger partial charge in [0.05, 0.1) is 52.5 Å². The number of methoxy groups -OCH3 is 1. The highest BCUT2D eigenvalue weighted by Gasteiger charge is 2.55. The molecule has 3 aliphatic heterocycles. The lowest BCUT2D eigenvalue weighted by molar-refractivity contribution is -0.303. The largest absolute Gasteiger partial charge is 0.459 e. The Hall–Kier alpha value is -2.40. The van der Waals surface area contributed by atoms with Crippen LogP contribution in [0, 0.1) is 35.5 Å². The minimum absolute atomic E-state index is 0.0702. The smallest absolute Gasteiger partial charge is 0.309 e. The lowest BCUT2D eigenvalue weighted by Crippen LogP contribution is -2.62. The molecule has 4 aliphatic rings. The molecule has 0 bridgehead atoms. The van der Waals surface area contributed by atoms with E-state index in [1.54, 1.807) is 53.7 Å². The summed E-state index contributed by atoms with van der Waals surface area (Å²) in [7, 11) is 1.81. The molecule has 1 amide bonds. The topological polar surface area (TPSA) is 234 Å². The van der Waals surface area contributed by atoms with Gasteiger partial charge in [0.25, 0.3) is 0 Å². The number of aliphatic hydroxyl groups is 5. The Bertz CT molecular complexity index is 2030. The second kappa shape index (κ2) is 23.6. The van der Waals surface area contributed by atoms with Gasteiger partial charge < -0.3 is 64.3 Å². The molecule has 0 spiro atoms. The third-order valence-electron chi connectivity index (χ3n) is 16.6. The van der Waals surface area contributed by atoms with Gasteiger partial charge in [0.1, 0.15) is 36.7 Å². The van der Waals surface area contributed by atoms with Crippen molar-refractivity contribution >= 4 is 21.7 Å². The molecular formula is C52H88FN3O14S. The molecule has 1 aliphatic carbocycles. The van der Waals surface area contributed by atoms with E-state index in [0.717, 1.165) is 6.26 Å². The van der Waals surface area contributed by atoms with Crippen LogP contribution in [0.4, 0.5) is 4.39 Å². The quantitative estimate of drug-likeness (QED) is 0.147. The number of nitrogens with zero attached hydrogens (tertiary/aromatic N) is 2. The first-order chi connectivity index (χ1) is 32.9. The van der Waals surface area contributed by atoms with Gasteiger partial charge in [-0.3, -0.25) is 9.59 Å². The normalized spacial score (nSPS) is 42.9. The number of benzene rings is 1. The number of hydrogen-bond acceptors (Lipinski definition) is 16. The average molecular weight is 1030 g/mol. The number of sulfone groups is 1. The molecule has 71 heavy (non-hydrogen) atoms. The van der Waals surface area contributed by atoms with E-state index in [2.05, 4.69) is 5.32 Å². The van der Waals surface area contributed by atoms with Crippen molar-refractivity contribution in [1.82, 2.24) is 15.1 Å². The SMILES string of the molecule is CC[C@H]1OC(=O)[C@H](C)[C@@H](C2C[C@@](C)(OC)[C@@H](O)[C@H](C)O2)[C@H](C)[C@@H](O[C@@H]2O[C@H](C)C[C@H](N(C)C[C@@H]3C[C@H]3C(=O)N[C@H](CF)Cc3ccc(S(C)(=O)=O)cc3)[C@H]2O)[C@](C)(O)C[C@@H](C)CN(C)[C@H](C)[C@@H](O)[C@]1(C)O. The molecule has 21 atom stereocenters. The maximum atomic E-state index is 14.6. The number of alkyl halides is 1. The van der Waals surface area contributed by atoms with Crippen LogP contribution in [0.15, 0.2) is 29.2 Å². The van der Waals surface area contributed by atoms with Crippen LogP contribution in [-0.2, 0) is 49.5 Å². The summed E-state index contributed by atoms with van der Waals surface area (Å²) in [5, 5.41) is 62.9. The third-order valence-corrected chi connectivity index (χ3v) is 17.7. The van der Waals surface area contributed by atoms with Gasteiger partial charge >= 0.3 is 5.97 Å². The third kappa shape index (κ3) is 13.9. The van der Waals surface area contributed by atoms with Gasteiger partial charge in [0, 0.05) is 56.8 Å². The second-order valence-electron chi connectivity index (χ2n) is 22.8. The molecule has 0 aromatic heterocycles. The van der Waals surface area contributed by atoms with E-state index in [1.165, 1.54) is 26.2 Å². The molecular weight excluding hydrogens is 942 g/mol. The minimum atomic E-state index is -3.39. The summed E-state index contributed by atoms with van der Waals surface area (Å²) in [6.45, 7) is 17.7. The summed E-state index contributed by atoms with van der Waals surface area (Å²) in [6, 6.07) is 4.30. The van der Waals surface area contributed by atoms with Gasteiger partial charge in [-0.25, -0.2) is 12.8 Å². The van der Waals surface area contributed by atoms with Crippen LogP contribution in [-0.4, -0.2) is 193 Å². The predicted octanol–water partition coefficient (Wildman–Crippen LogP) is 3.28. The summed E-state index contributed by atoms with van der Waals surface area (Å²) >= 11 is 0. The van der Waals surface area contributed by atoms with Crippen molar-refractivity contribution in [2.45, 2.75) is 203 Å². The van der Waals surface area contributed by atoms with Crippen molar-refractivity contribution < 1.29 is 71.6 Å². The maximum Gasteiger partial charge on any atom is 0.309 e. The van der Waals surface area contributed by atoms with E-state index in [1.807, 2.05) is 44.7 Å². The van der Waals surface area contributed by atoms with E-state index < -0.39 is 130 Å². The fourth-order valence-corrected chi connectivity index (χ4v) is 12.7. The molecule has 1 aromatic carbocycles. The predicted molar refractivity (Wildman–Crippen MR) is 264 cm³/mol. The molecule has 3 saturated heterocycles. The van der Waals surface area contributed by atoms with Crippen molar-refractivity contribution in [1.29, 1.82) is 0 Å². The molecule has 5 rings (SSSR count). The van der Waals surface area contributed by atoms with E-state index >= 15 is 0 Å². The molecule has 1 aromatic rings. The number of aliphatic hydroxyl groups excluding tert-OH is 3. The van der Waals surface area contributed by atoms with E-state index in [0.29, 0.717) is 31.5 Å². The summed E-state index contributed by atoms with van der Waals surface area (Å²) < 4.78 is 70.1. The number of halogens is 1. The van der Waals surface area contributed by atoms with Gasteiger partial charge in [-0.1, -0.05) is 39.8 Å². The highest BCUT2D eigenvalue weighted by Crippen LogP contribution is 2.45. The lowest BCUT2D eigenvalue weighted by atomic mass is 9.68. The zero-order chi connectivity index (χ0) is 53.3. The van der Waals surface area contributed by atoms with Gasteiger partial charge in [-0.05, 0) is 123 Å². The van der Waals surface area contributed by atoms with Crippen LogP contribution >= 0.6 is 0 Å². The average Bonchev–Trinajstić information content (AvgIpc) is 4.07. The molecule has 4 fully saturated rings. The van der Waals surface area contributed by atoms with Crippen LogP contribution in [0.3, 0.4) is 0 Å². The molecule has 0 radical (unpaired) electrons. The fraction of sp³-hybridized carbons (Fsp3) is 0.846. The van der Waals surface area contributed by atoms with Gasteiger partial charge in [-0.2, -0.15) is 0 Å². The highest BCUT2D eigenvalue weighted by atomic mass is 32.2. The molecule has 408 valence electrons. The van der Waals surface area contributed by atoms with Crippen molar-refractivity contribution in [3.05, 3.63) is 29.8 Å². The fourth-order valence-electron chi connectivity index (χ4n) is 12.1. The summed E-state index contributed by atoms with van der Waals surface area (Å²) in [5.74, 6) is -4.04. The molecule has 1 saturated carbocycles. The number of hydrogen-bond donors (Lipinski definition) is 6. The monoisotopic (exact) mass is 1030 g/mol. The number of ether oxygens (including phenoxy) is 5. The first kappa shape index (κ1) is 59.5. The highest BCUT2D eigenvalue weighted by molar-refractivity contribution is 7.90. The molecule has 19 heteroatoms. The van der Waals surface area contributed by atoms with Crippen molar-refractivity contribution in [2.75, 3.05) is 47.2 Å². The zero-order valence-electron chi connectivity index (χ0n) is 44.7. The Morgan fingerprint density at radius 2 is 1.63 bits per heavy atom. The van der Waals surface area contributed by atoms with Crippen LogP contribution in [0.2, 0.25) is 0 Å². The molecule has 6 N–H and O–H groups in total. The van der Waals surface area contributed by atoms with Crippen molar-refractivity contribution in [3.8, 4) is 0 Å². The number of carbonyl (C=O) groups is 2. The van der Waals surface area contributed by atoms with Crippen LogP contribution in [0.25, 0.3) is 0 Å². The molecule has 3 heterocycles. The Labute approximate surface area is 422 Å². The Balaban J connectivity index is 1.41. The molecule has 1 unspecified atom stereocenters. The summed E-state index contributed by atoms with van der Waals surface area (Å²) in [4.78, 5) is 32.1. The number of carbonyl (C=O) groups excluding carboxylic acids is 2. The first-order valence-corrected chi connectivity index (χ1v) is 27.6. The van der Waals surface area contributed by atoms with E-state index in [-0.39, 0.29) is 54.2 Å².